The summed E-state index contributed by atoms with van der Waals surface area (Å²) < 4.78 is 2.06. The Morgan fingerprint density at radius 3 is 2.96 bits per heavy atom. The molecule has 1 atom stereocenters. The van der Waals surface area contributed by atoms with Gasteiger partial charge in [0.15, 0.2) is 10.8 Å². The minimum Gasteiger partial charge on any atom is -0.308 e. The fourth-order valence-electron chi connectivity index (χ4n) is 3.47. The Balaban J connectivity index is 1.55. The smallest absolute Gasteiger partial charge is 0.237 e. The van der Waals surface area contributed by atoms with Crippen LogP contribution in [0.25, 0.3) is 11.2 Å². The second kappa shape index (κ2) is 6.52. The van der Waals surface area contributed by atoms with Crippen molar-refractivity contribution in [2.45, 2.75) is 38.0 Å². The van der Waals surface area contributed by atoms with Crippen molar-refractivity contribution in [3.63, 3.8) is 0 Å². The molecule has 1 amide bonds. The van der Waals surface area contributed by atoms with Gasteiger partial charge in [0.1, 0.15) is 5.52 Å². The number of nitrogens with zero attached hydrogens (tertiary/aromatic N) is 4. The Kier molecular flexibility index (Phi) is 4.21. The van der Waals surface area contributed by atoms with Gasteiger partial charge in [0, 0.05) is 24.5 Å². The van der Waals surface area contributed by atoms with Crippen molar-refractivity contribution in [1.82, 2.24) is 14.5 Å². The molecule has 3 aromatic rings. The van der Waals surface area contributed by atoms with E-state index in [9.17, 15) is 4.79 Å². The highest BCUT2D eigenvalue weighted by Crippen LogP contribution is 2.33. The quantitative estimate of drug-likeness (QED) is 0.674. The van der Waals surface area contributed by atoms with E-state index in [0.29, 0.717) is 5.75 Å². The monoisotopic (exact) mass is 352 g/mol. The summed E-state index contributed by atoms with van der Waals surface area (Å²) in [6, 6.07) is 12.2. The van der Waals surface area contributed by atoms with Gasteiger partial charge in [-0.3, -0.25) is 4.79 Å². The predicted molar refractivity (Wildman–Crippen MR) is 101 cm³/mol. The normalized spacial score (nSPS) is 16.4. The highest BCUT2D eigenvalue weighted by atomic mass is 32.2. The summed E-state index contributed by atoms with van der Waals surface area (Å²) in [5, 5.41) is 0.852. The number of hydrogen-bond donors (Lipinski definition) is 0. The van der Waals surface area contributed by atoms with E-state index < -0.39 is 0 Å². The van der Waals surface area contributed by atoms with Crippen molar-refractivity contribution < 1.29 is 4.79 Å². The van der Waals surface area contributed by atoms with Crippen LogP contribution in [0.4, 0.5) is 5.69 Å². The summed E-state index contributed by atoms with van der Waals surface area (Å²) in [5.74, 6) is 0.507. The van der Waals surface area contributed by atoms with Gasteiger partial charge in [-0.25, -0.2) is 9.97 Å². The standard InChI is InChI=1S/C19H20N4OS/c1-3-22-18-15(8-6-10-20-18)21-19(22)25-12-17(24)23-13(2)11-14-7-4-5-9-16(14)23/h4-10,13H,3,11-12H2,1-2H3. The second-order valence-electron chi connectivity index (χ2n) is 6.22. The fraction of sp³-hybridized carbons (Fsp3) is 0.316. The van der Waals surface area contributed by atoms with Gasteiger partial charge in [-0.05, 0) is 44.0 Å². The predicted octanol–water partition coefficient (Wildman–Crippen LogP) is 3.52. The van der Waals surface area contributed by atoms with Gasteiger partial charge >= 0.3 is 0 Å². The number of anilines is 1. The SMILES string of the molecule is CCn1c(SCC(=O)N2c3ccccc3CC2C)nc2cccnc21. The van der Waals surface area contributed by atoms with Crippen LogP contribution in [0.1, 0.15) is 19.4 Å². The van der Waals surface area contributed by atoms with Crippen molar-refractivity contribution >= 4 is 34.5 Å². The molecule has 0 fully saturated rings. The number of benzene rings is 1. The molecule has 1 aromatic carbocycles. The third kappa shape index (κ3) is 2.80. The number of carbonyl (C=O) groups excluding carboxylic acids is 1. The van der Waals surface area contributed by atoms with Crippen LogP contribution >= 0.6 is 11.8 Å². The number of rotatable bonds is 4. The molecule has 0 saturated heterocycles. The largest absolute Gasteiger partial charge is 0.308 e. The van der Waals surface area contributed by atoms with Crippen molar-refractivity contribution in [1.29, 1.82) is 0 Å². The van der Waals surface area contributed by atoms with Crippen molar-refractivity contribution in [2.75, 3.05) is 10.7 Å². The first kappa shape index (κ1) is 16.1. The van der Waals surface area contributed by atoms with E-state index in [4.69, 9.17) is 0 Å². The molecular formula is C19H20N4OS. The molecule has 5 nitrogen and oxygen atoms in total. The molecule has 128 valence electrons. The van der Waals surface area contributed by atoms with E-state index in [1.54, 1.807) is 6.20 Å². The van der Waals surface area contributed by atoms with Crippen LogP contribution in [0, 0.1) is 0 Å². The van der Waals surface area contributed by atoms with Crippen molar-refractivity contribution in [3.8, 4) is 0 Å². The Hall–Kier alpha value is -2.34. The van der Waals surface area contributed by atoms with Gasteiger partial charge in [0.2, 0.25) is 5.91 Å². The third-order valence-corrected chi connectivity index (χ3v) is 5.55. The lowest BCUT2D eigenvalue weighted by Gasteiger charge is -2.22. The average molecular weight is 352 g/mol. The number of amides is 1. The molecule has 1 aliphatic heterocycles. The fourth-order valence-corrected chi connectivity index (χ4v) is 4.40. The summed E-state index contributed by atoms with van der Waals surface area (Å²) >= 11 is 1.49. The van der Waals surface area contributed by atoms with Crippen LogP contribution in [0.2, 0.25) is 0 Å². The maximum absolute atomic E-state index is 12.9. The van der Waals surface area contributed by atoms with E-state index in [2.05, 4.69) is 34.4 Å². The Morgan fingerprint density at radius 2 is 2.12 bits per heavy atom. The zero-order valence-corrected chi connectivity index (χ0v) is 15.2. The highest BCUT2D eigenvalue weighted by molar-refractivity contribution is 7.99. The summed E-state index contributed by atoms with van der Waals surface area (Å²) in [6.45, 7) is 4.96. The summed E-state index contributed by atoms with van der Waals surface area (Å²) in [5.41, 5.74) is 4.05. The summed E-state index contributed by atoms with van der Waals surface area (Å²) in [4.78, 5) is 23.8. The minimum absolute atomic E-state index is 0.130. The summed E-state index contributed by atoms with van der Waals surface area (Å²) in [6.07, 6.45) is 2.70. The van der Waals surface area contributed by atoms with Crippen LogP contribution in [-0.2, 0) is 17.8 Å². The first-order valence-corrected chi connectivity index (χ1v) is 9.51. The Morgan fingerprint density at radius 1 is 1.28 bits per heavy atom. The van der Waals surface area contributed by atoms with Crippen LogP contribution in [0.5, 0.6) is 0 Å². The lowest BCUT2D eigenvalue weighted by molar-refractivity contribution is -0.116. The average Bonchev–Trinajstić information content (AvgIpc) is 3.15. The molecule has 0 radical (unpaired) electrons. The highest BCUT2D eigenvalue weighted by Gasteiger charge is 2.30. The molecule has 25 heavy (non-hydrogen) atoms. The molecule has 3 heterocycles. The van der Waals surface area contributed by atoms with Gasteiger partial charge < -0.3 is 9.47 Å². The van der Waals surface area contributed by atoms with Gasteiger partial charge in [-0.15, -0.1) is 0 Å². The number of thioether (sulfide) groups is 1. The van der Waals surface area contributed by atoms with Gasteiger partial charge in [-0.2, -0.15) is 0 Å². The Bertz CT molecular complexity index is 936. The number of para-hydroxylation sites is 1. The van der Waals surface area contributed by atoms with Crippen LogP contribution in [0.15, 0.2) is 47.8 Å². The summed E-state index contributed by atoms with van der Waals surface area (Å²) in [7, 11) is 0. The first-order chi connectivity index (χ1) is 12.2. The third-order valence-electron chi connectivity index (χ3n) is 4.59. The maximum atomic E-state index is 12.9. The molecule has 4 rings (SSSR count). The minimum atomic E-state index is 0.130. The van der Waals surface area contributed by atoms with E-state index >= 15 is 0 Å². The van der Waals surface area contributed by atoms with E-state index in [1.807, 2.05) is 35.2 Å². The number of pyridine rings is 1. The molecule has 0 aliphatic carbocycles. The van der Waals surface area contributed by atoms with Gasteiger partial charge in [0.25, 0.3) is 0 Å². The number of aromatic nitrogens is 3. The first-order valence-electron chi connectivity index (χ1n) is 8.53. The van der Waals surface area contributed by atoms with Crippen molar-refractivity contribution in [3.05, 3.63) is 48.2 Å². The zero-order chi connectivity index (χ0) is 17.4. The topological polar surface area (TPSA) is 51.0 Å². The van der Waals surface area contributed by atoms with Gasteiger partial charge in [0.05, 0.1) is 5.75 Å². The van der Waals surface area contributed by atoms with Crippen LogP contribution in [0.3, 0.4) is 0 Å². The molecule has 1 aliphatic rings. The van der Waals surface area contributed by atoms with Crippen LogP contribution < -0.4 is 4.90 Å². The molecule has 0 N–H and O–H groups in total. The number of carbonyl (C=O) groups is 1. The molecule has 0 saturated carbocycles. The number of imidazole rings is 1. The Labute approximate surface area is 151 Å². The van der Waals surface area contributed by atoms with Gasteiger partial charge in [-0.1, -0.05) is 30.0 Å². The number of aryl methyl sites for hydroxylation is 1. The van der Waals surface area contributed by atoms with E-state index in [-0.39, 0.29) is 11.9 Å². The maximum Gasteiger partial charge on any atom is 0.237 e. The van der Waals surface area contributed by atoms with E-state index in [1.165, 1.54) is 17.3 Å². The van der Waals surface area contributed by atoms with Crippen LogP contribution in [-0.4, -0.2) is 32.2 Å². The molecule has 6 heteroatoms. The molecule has 1 unspecified atom stereocenters. The lowest BCUT2D eigenvalue weighted by Crippen LogP contribution is -2.37. The zero-order valence-electron chi connectivity index (χ0n) is 14.3. The molecule has 0 spiro atoms. The lowest BCUT2D eigenvalue weighted by atomic mass is 10.1. The second-order valence-corrected chi connectivity index (χ2v) is 7.16. The molecule has 0 bridgehead atoms. The molecular weight excluding hydrogens is 332 g/mol. The van der Waals surface area contributed by atoms with E-state index in [0.717, 1.165) is 35.0 Å². The number of hydrogen-bond acceptors (Lipinski definition) is 4. The van der Waals surface area contributed by atoms with Crippen molar-refractivity contribution in [2.24, 2.45) is 0 Å². The molecule has 2 aromatic heterocycles. The number of fused-ring (bicyclic) bond motifs is 2.